The highest BCUT2D eigenvalue weighted by Gasteiger charge is 2.68. The summed E-state index contributed by atoms with van der Waals surface area (Å²) in [5.74, 6) is -1.29. The van der Waals surface area contributed by atoms with Gasteiger partial charge in [-0.2, -0.15) is 0 Å². The predicted molar refractivity (Wildman–Crippen MR) is 60.9 cm³/mol. The van der Waals surface area contributed by atoms with Crippen LogP contribution in [0, 0.1) is 16.7 Å². The van der Waals surface area contributed by atoms with Gasteiger partial charge >= 0.3 is 5.97 Å². The molecule has 4 heteroatoms. The Morgan fingerprint density at radius 3 is 1.75 bits per heavy atom. The molecule has 0 unspecified atom stereocenters. The molecule has 0 radical (unpaired) electrons. The number of nitrogens with one attached hydrogen (secondary N) is 1. The summed E-state index contributed by atoms with van der Waals surface area (Å²) >= 11 is 0. The fraction of sp³-hybridized carbons (Fsp3) is 0.833. The Kier molecular flexibility index (Phi) is 2.61. The van der Waals surface area contributed by atoms with Gasteiger partial charge in [-0.05, 0) is 24.7 Å². The molecule has 0 spiro atoms. The SMILES string of the molecule is CC(C)(NC(=O)C1C(C)(C)C1(C)C)C(=O)O. The zero-order valence-corrected chi connectivity index (χ0v) is 10.8. The predicted octanol–water partition coefficient (Wildman–Crippen LogP) is 1.65. The van der Waals surface area contributed by atoms with Crippen LogP contribution in [0.3, 0.4) is 0 Å². The second-order valence-corrected chi connectivity index (χ2v) is 6.30. The second kappa shape index (κ2) is 3.22. The fourth-order valence-electron chi connectivity index (χ4n) is 2.29. The van der Waals surface area contributed by atoms with Gasteiger partial charge in [0.05, 0.1) is 0 Å². The molecule has 1 rings (SSSR count). The average molecular weight is 227 g/mol. The Morgan fingerprint density at radius 1 is 1.12 bits per heavy atom. The third-order valence-corrected chi connectivity index (χ3v) is 4.25. The van der Waals surface area contributed by atoms with Gasteiger partial charge in [-0.3, -0.25) is 4.79 Å². The quantitative estimate of drug-likeness (QED) is 0.770. The molecule has 1 amide bonds. The summed E-state index contributed by atoms with van der Waals surface area (Å²) in [4.78, 5) is 22.9. The number of amides is 1. The van der Waals surface area contributed by atoms with E-state index in [-0.39, 0.29) is 22.7 Å². The monoisotopic (exact) mass is 227 g/mol. The number of aliphatic carboxylic acids is 1. The molecule has 1 saturated carbocycles. The van der Waals surface area contributed by atoms with Crippen molar-refractivity contribution < 1.29 is 14.7 Å². The number of hydrogen-bond donors (Lipinski definition) is 2. The van der Waals surface area contributed by atoms with Crippen molar-refractivity contribution in [2.75, 3.05) is 0 Å². The van der Waals surface area contributed by atoms with Crippen molar-refractivity contribution in [1.29, 1.82) is 0 Å². The third kappa shape index (κ3) is 1.70. The second-order valence-electron chi connectivity index (χ2n) is 6.30. The van der Waals surface area contributed by atoms with Crippen molar-refractivity contribution in [3.05, 3.63) is 0 Å². The first-order valence-corrected chi connectivity index (χ1v) is 5.50. The van der Waals surface area contributed by atoms with Gasteiger partial charge in [-0.25, -0.2) is 4.79 Å². The number of rotatable bonds is 3. The van der Waals surface area contributed by atoms with Crippen molar-refractivity contribution in [2.45, 2.75) is 47.1 Å². The smallest absolute Gasteiger partial charge is 0.328 e. The maximum atomic E-state index is 12.0. The standard InChI is InChI=1S/C12H21NO3/c1-10(2)7(11(10,3)4)8(14)13-12(5,6)9(15)16/h7H,1-6H3,(H,13,14)(H,15,16). The minimum Gasteiger partial charge on any atom is -0.480 e. The molecule has 1 aliphatic rings. The van der Waals surface area contributed by atoms with Crippen LogP contribution in [-0.4, -0.2) is 22.5 Å². The van der Waals surface area contributed by atoms with E-state index in [0.717, 1.165) is 0 Å². The molecule has 1 fully saturated rings. The number of carboxylic acid groups (broad SMARTS) is 1. The Hall–Kier alpha value is -1.06. The maximum Gasteiger partial charge on any atom is 0.328 e. The lowest BCUT2D eigenvalue weighted by Crippen LogP contribution is -2.50. The molecule has 0 bridgehead atoms. The summed E-state index contributed by atoms with van der Waals surface area (Å²) in [6, 6.07) is 0. The first kappa shape index (κ1) is 13.0. The van der Waals surface area contributed by atoms with Crippen molar-refractivity contribution in [1.82, 2.24) is 5.32 Å². The Labute approximate surface area is 96.4 Å². The first-order valence-electron chi connectivity index (χ1n) is 5.50. The number of hydrogen-bond acceptors (Lipinski definition) is 2. The molecule has 92 valence electrons. The zero-order valence-electron chi connectivity index (χ0n) is 10.8. The number of carbonyl (C=O) groups excluding carboxylic acids is 1. The lowest BCUT2D eigenvalue weighted by Gasteiger charge is -2.21. The molecule has 16 heavy (non-hydrogen) atoms. The van der Waals surface area contributed by atoms with Crippen LogP contribution >= 0.6 is 0 Å². The molecule has 0 aromatic carbocycles. The molecule has 0 aliphatic heterocycles. The molecule has 1 aliphatic carbocycles. The minimum atomic E-state index is -1.20. The van der Waals surface area contributed by atoms with Crippen molar-refractivity contribution in [2.24, 2.45) is 16.7 Å². The normalized spacial score (nSPS) is 22.6. The van der Waals surface area contributed by atoms with E-state index < -0.39 is 11.5 Å². The molecular weight excluding hydrogens is 206 g/mol. The molecule has 4 nitrogen and oxygen atoms in total. The third-order valence-electron chi connectivity index (χ3n) is 4.25. The van der Waals surface area contributed by atoms with E-state index in [1.807, 2.05) is 27.7 Å². The lowest BCUT2D eigenvalue weighted by atomic mass is 10.0. The zero-order chi connectivity index (χ0) is 12.9. The van der Waals surface area contributed by atoms with Crippen LogP contribution in [0.25, 0.3) is 0 Å². The highest BCUT2D eigenvalue weighted by molar-refractivity contribution is 5.90. The molecule has 0 heterocycles. The van der Waals surface area contributed by atoms with Gasteiger partial charge < -0.3 is 10.4 Å². The number of carbonyl (C=O) groups is 2. The first-order chi connectivity index (χ1) is 6.94. The maximum absolute atomic E-state index is 12.0. The largest absolute Gasteiger partial charge is 0.480 e. The van der Waals surface area contributed by atoms with Crippen LogP contribution < -0.4 is 5.32 Å². The van der Waals surface area contributed by atoms with Crippen LogP contribution in [0.1, 0.15) is 41.5 Å². The van der Waals surface area contributed by atoms with Crippen LogP contribution in [0.4, 0.5) is 0 Å². The fourth-order valence-corrected chi connectivity index (χ4v) is 2.29. The Morgan fingerprint density at radius 2 is 1.50 bits per heavy atom. The van der Waals surface area contributed by atoms with Gasteiger partial charge in [-0.1, -0.05) is 27.7 Å². The molecule has 0 saturated heterocycles. The van der Waals surface area contributed by atoms with E-state index in [0.29, 0.717) is 0 Å². The van der Waals surface area contributed by atoms with Crippen molar-refractivity contribution in [3.63, 3.8) is 0 Å². The van der Waals surface area contributed by atoms with E-state index in [4.69, 9.17) is 5.11 Å². The van der Waals surface area contributed by atoms with Crippen LogP contribution in [0.5, 0.6) is 0 Å². The molecular formula is C12H21NO3. The average Bonchev–Trinajstić information content (AvgIpc) is 2.40. The highest BCUT2D eigenvalue weighted by Crippen LogP contribution is 2.68. The van der Waals surface area contributed by atoms with Crippen LogP contribution in [0.15, 0.2) is 0 Å². The summed E-state index contributed by atoms with van der Waals surface area (Å²) in [5.41, 5.74) is -1.33. The van der Waals surface area contributed by atoms with Gasteiger partial charge in [0.2, 0.25) is 5.91 Å². The highest BCUT2D eigenvalue weighted by atomic mass is 16.4. The van der Waals surface area contributed by atoms with Gasteiger partial charge in [-0.15, -0.1) is 0 Å². The van der Waals surface area contributed by atoms with E-state index in [2.05, 4.69) is 5.32 Å². The molecule has 0 aromatic heterocycles. The van der Waals surface area contributed by atoms with Crippen molar-refractivity contribution >= 4 is 11.9 Å². The van der Waals surface area contributed by atoms with Gasteiger partial charge in [0.25, 0.3) is 0 Å². The van der Waals surface area contributed by atoms with Gasteiger partial charge in [0, 0.05) is 5.92 Å². The van der Waals surface area contributed by atoms with Crippen LogP contribution in [-0.2, 0) is 9.59 Å². The van der Waals surface area contributed by atoms with Gasteiger partial charge in [0.15, 0.2) is 0 Å². The van der Waals surface area contributed by atoms with E-state index in [1.54, 1.807) is 0 Å². The Bertz CT molecular complexity index is 328. The summed E-state index contributed by atoms with van der Waals surface area (Å²) in [5, 5.41) is 11.5. The minimum absolute atomic E-state index is 0.0638. The topological polar surface area (TPSA) is 66.4 Å². The number of carboxylic acids is 1. The molecule has 2 N–H and O–H groups in total. The van der Waals surface area contributed by atoms with Crippen molar-refractivity contribution in [3.8, 4) is 0 Å². The summed E-state index contributed by atoms with van der Waals surface area (Å²) < 4.78 is 0. The van der Waals surface area contributed by atoms with Gasteiger partial charge in [0.1, 0.15) is 5.54 Å². The molecule has 0 aromatic rings. The van der Waals surface area contributed by atoms with E-state index >= 15 is 0 Å². The summed E-state index contributed by atoms with van der Waals surface area (Å²) in [6.07, 6.45) is 0. The summed E-state index contributed by atoms with van der Waals surface area (Å²) in [7, 11) is 0. The Balaban J connectivity index is 2.74. The van der Waals surface area contributed by atoms with Crippen LogP contribution in [0.2, 0.25) is 0 Å². The summed E-state index contributed by atoms with van der Waals surface area (Å²) in [6.45, 7) is 11.1. The molecule has 0 atom stereocenters. The van der Waals surface area contributed by atoms with E-state index in [9.17, 15) is 9.59 Å². The lowest BCUT2D eigenvalue weighted by molar-refractivity contribution is -0.146. The van der Waals surface area contributed by atoms with E-state index in [1.165, 1.54) is 13.8 Å².